The summed E-state index contributed by atoms with van der Waals surface area (Å²) >= 11 is 1.57. The third-order valence-corrected chi connectivity index (χ3v) is 6.44. The Bertz CT molecular complexity index is 794. The number of nitrogens with zero attached hydrogens (tertiary/aromatic N) is 1. The monoisotopic (exact) mass is 390 g/mol. The maximum atomic E-state index is 12.5. The molecule has 1 N–H and O–H groups in total. The highest BCUT2D eigenvalue weighted by Gasteiger charge is 2.53. The van der Waals surface area contributed by atoms with E-state index in [0.29, 0.717) is 29.8 Å². The standard InChI is InChI=1S/C19H22N2O5S/c1-11(22)13-4-6-14(7-5-13)20-17(24)12(2)26-18(25)15-10-27-19(3)9-8-16(23)21(15)19/h4-7,12,15H,8-10H2,1-3H3,(H,20,24). The summed E-state index contributed by atoms with van der Waals surface area (Å²) in [5, 5.41) is 2.65. The van der Waals surface area contributed by atoms with Crippen LogP contribution < -0.4 is 5.32 Å². The van der Waals surface area contributed by atoms with Crippen LogP contribution in [-0.2, 0) is 19.1 Å². The van der Waals surface area contributed by atoms with E-state index in [9.17, 15) is 19.2 Å². The quantitative estimate of drug-likeness (QED) is 0.612. The number of benzene rings is 1. The molecule has 1 aromatic rings. The lowest BCUT2D eigenvalue weighted by Gasteiger charge is -2.29. The van der Waals surface area contributed by atoms with Gasteiger partial charge in [0.2, 0.25) is 5.91 Å². The van der Waals surface area contributed by atoms with Gasteiger partial charge in [0.25, 0.3) is 5.91 Å². The maximum Gasteiger partial charge on any atom is 0.330 e. The van der Waals surface area contributed by atoms with Crippen LogP contribution in [0.3, 0.4) is 0 Å². The average Bonchev–Trinajstić information content (AvgIpc) is 3.11. The molecule has 3 atom stereocenters. The van der Waals surface area contributed by atoms with Gasteiger partial charge in [0.05, 0.1) is 4.87 Å². The Balaban J connectivity index is 1.58. The molecule has 144 valence electrons. The molecule has 0 spiro atoms. The zero-order valence-corrected chi connectivity index (χ0v) is 16.3. The summed E-state index contributed by atoms with van der Waals surface area (Å²) in [6.45, 7) is 4.91. The average molecular weight is 390 g/mol. The van der Waals surface area contributed by atoms with Gasteiger partial charge >= 0.3 is 5.97 Å². The second-order valence-electron chi connectivity index (χ2n) is 6.97. The van der Waals surface area contributed by atoms with Crippen LogP contribution in [0.5, 0.6) is 0 Å². The number of ketones is 1. The zero-order chi connectivity index (χ0) is 19.8. The van der Waals surface area contributed by atoms with Gasteiger partial charge in [-0.05, 0) is 51.5 Å². The van der Waals surface area contributed by atoms with E-state index in [1.807, 2.05) is 6.92 Å². The first-order valence-corrected chi connectivity index (χ1v) is 9.78. The second-order valence-corrected chi connectivity index (χ2v) is 8.47. The Labute approximate surface area is 161 Å². The Kier molecular flexibility index (Phi) is 5.28. The van der Waals surface area contributed by atoms with Crippen LogP contribution in [0.25, 0.3) is 0 Å². The van der Waals surface area contributed by atoms with Gasteiger partial charge in [-0.25, -0.2) is 4.79 Å². The Hall–Kier alpha value is -2.35. The fraction of sp³-hybridized carbons (Fsp3) is 0.474. The van der Waals surface area contributed by atoms with Gasteiger partial charge in [0.15, 0.2) is 11.9 Å². The van der Waals surface area contributed by atoms with E-state index >= 15 is 0 Å². The van der Waals surface area contributed by atoms with Gasteiger partial charge in [-0.2, -0.15) is 0 Å². The molecule has 2 amide bonds. The third-order valence-electron chi connectivity index (χ3n) is 4.94. The van der Waals surface area contributed by atoms with Gasteiger partial charge < -0.3 is 15.0 Å². The van der Waals surface area contributed by atoms with Crippen molar-refractivity contribution in [3.63, 3.8) is 0 Å². The topological polar surface area (TPSA) is 92.8 Å². The van der Waals surface area contributed by atoms with Crippen LogP contribution in [0.1, 0.15) is 44.0 Å². The SMILES string of the molecule is CC(=O)c1ccc(NC(=O)C(C)OC(=O)C2CSC3(C)CCC(=O)N23)cc1. The molecule has 1 aromatic carbocycles. The van der Waals surface area contributed by atoms with Gasteiger partial charge in [0.1, 0.15) is 6.04 Å². The Morgan fingerprint density at radius 2 is 1.96 bits per heavy atom. The summed E-state index contributed by atoms with van der Waals surface area (Å²) < 4.78 is 5.32. The molecule has 0 radical (unpaired) electrons. The van der Waals surface area contributed by atoms with E-state index in [-0.39, 0.29) is 16.6 Å². The van der Waals surface area contributed by atoms with Crippen molar-refractivity contribution in [1.29, 1.82) is 0 Å². The lowest BCUT2D eigenvalue weighted by molar-refractivity contribution is -0.160. The second kappa shape index (κ2) is 7.34. The predicted octanol–water partition coefficient (Wildman–Crippen LogP) is 2.21. The third kappa shape index (κ3) is 3.85. The summed E-state index contributed by atoms with van der Waals surface area (Å²) in [6.07, 6.45) is 0.145. The molecule has 0 aliphatic carbocycles. The van der Waals surface area contributed by atoms with E-state index in [2.05, 4.69) is 5.32 Å². The minimum absolute atomic E-state index is 0.0490. The number of anilines is 1. The van der Waals surface area contributed by atoms with Gasteiger partial charge in [-0.15, -0.1) is 11.8 Å². The smallest absolute Gasteiger partial charge is 0.330 e. The normalized spacial score (nSPS) is 25.1. The van der Waals surface area contributed by atoms with Crippen molar-refractivity contribution in [2.45, 2.75) is 50.6 Å². The molecule has 27 heavy (non-hydrogen) atoms. The lowest BCUT2D eigenvalue weighted by atomic mass is 10.1. The van der Waals surface area contributed by atoms with Crippen LogP contribution in [-0.4, -0.2) is 51.2 Å². The molecule has 2 saturated heterocycles. The van der Waals surface area contributed by atoms with Crippen molar-refractivity contribution in [3.8, 4) is 0 Å². The molecular weight excluding hydrogens is 368 g/mol. The molecule has 2 aliphatic heterocycles. The number of carbonyl (C=O) groups is 4. The number of hydrogen-bond acceptors (Lipinski definition) is 6. The molecule has 2 aliphatic rings. The number of rotatable bonds is 5. The van der Waals surface area contributed by atoms with Crippen molar-refractivity contribution in [2.24, 2.45) is 0 Å². The molecule has 7 nitrogen and oxygen atoms in total. The van der Waals surface area contributed by atoms with Crippen molar-refractivity contribution in [1.82, 2.24) is 4.90 Å². The summed E-state index contributed by atoms with van der Waals surface area (Å²) in [6, 6.07) is 5.81. The van der Waals surface area contributed by atoms with Gasteiger partial charge in [0, 0.05) is 23.4 Å². The first-order chi connectivity index (χ1) is 12.7. The highest BCUT2D eigenvalue weighted by molar-refractivity contribution is 8.01. The molecule has 0 saturated carbocycles. The van der Waals surface area contributed by atoms with Crippen molar-refractivity contribution >= 4 is 41.0 Å². The van der Waals surface area contributed by atoms with E-state index in [0.717, 1.165) is 0 Å². The number of thioether (sulfide) groups is 1. The molecule has 0 bridgehead atoms. The summed E-state index contributed by atoms with van der Waals surface area (Å²) in [5.74, 6) is -0.668. The van der Waals surface area contributed by atoms with E-state index in [1.54, 1.807) is 40.9 Å². The van der Waals surface area contributed by atoms with Crippen molar-refractivity contribution < 1.29 is 23.9 Å². The summed E-state index contributed by atoms with van der Waals surface area (Å²) in [5.41, 5.74) is 1.05. The molecular formula is C19H22N2O5S. The molecule has 2 heterocycles. The highest BCUT2D eigenvalue weighted by atomic mass is 32.2. The van der Waals surface area contributed by atoms with E-state index < -0.39 is 24.0 Å². The summed E-state index contributed by atoms with van der Waals surface area (Å²) in [4.78, 5) is 49.5. The number of esters is 1. The number of carbonyl (C=O) groups excluding carboxylic acids is 4. The molecule has 0 aromatic heterocycles. The van der Waals surface area contributed by atoms with Crippen LogP contribution in [0, 0.1) is 0 Å². The summed E-state index contributed by atoms with van der Waals surface area (Å²) in [7, 11) is 0. The largest absolute Gasteiger partial charge is 0.451 e. The zero-order valence-electron chi connectivity index (χ0n) is 15.5. The van der Waals surface area contributed by atoms with Crippen LogP contribution in [0.2, 0.25) is 0 Å². The molecule has 8 heteroatoms. The Morgan fingerprint density at radius 3 is 2.59 bits per heavy atom. The van der Waals surface area contributed by atoms with Gasteiger partial charge in [-0.3, -0.25) is 14.4 Å². The maximum absolute atomic E-state index is 12.5. The first kappa shape index (κ1) is 19.4. The van der Waals surface area contributed by atoms with Crippen LogP contribution in [0.15, 0.2) is 24.3 Å². The number of fused-ring (bicyclic) bond motifs is 1. The number of nitrogens with one attached hydrogen (secondary N) is 1. The minimum atomic E-state index is -1.00. The van der Waals surface area contributed by atoms with Crippen LogP contribution >= 0.6 is 11.8 Å². The highest BCUT2D eigenvalue weighted by Crippen LogP contribution is 2.47. The Morgan fingerprint density at radius 1 is 1.30 bits per heavy atom. The molecule has 3 rings (SSSR count). The van der Waals surface area contributed by atoms with Crippen LogP contribution in [0.4, 0.5) is 5.69 Å². The number of ether oxygens (including phenoxy) is 1. The fourth-order valence-corrected chi connectivity index (χ4v) is 4.75. The number of hydrogen-bond donors (Lipinski definition) is 1. The van der Waals surface area contributed by atoms with Gasteiger partial charge in [-0.1, -0.05) is 0 Å². The van der Waals surface area contributed by atoms with E-state index in [1.165, 1.54) is 13.8 Å². The fourth-order valence-electron chi connectivity index (χ4n) is 3.33. The van der Waals surface area contributed by atoms with E-state index in [4.69, 9.17) is 4.74 Å². The number of amides is 2. The lowest BCUT2D eigenvalue weighted by Crippen LogP contribution is -2.48. The van der Waals surface area contributed by atoms with Crippen molar-refractivity contribution in [3.05, 3.63) is 29.8 Å². The van der Waals surface area contributed by atoms with Crippen molar-refractivity contribution in [2.75, 3.05) is 11.1 Å². The predicted molar refractivity (Wildman–Crippen MR) is 101 cm³/mol. The number of Topliss-reactive ketones (excluding diaryl/α,β-unsaturated/α-hetero) is 1. The first-order valence-electron chi connectivity index (χ1n) is 8.80. The molecule has 2 fully saturated rings. The minimum Gasteiger partial charge on any atom is -0.451 e. The molecule has 3 unspecified atom stereocenters.